The van der Waals surface area contributed by atoms with E-state index in [-0.39, 0.29) is 18.6 Å². The Morgan fingerprint density at radius 3 is 2.56 bits per heavy atom. The lowest BCUT2D eigenvalue weighted by Crippen LogP contribution is -2.54. The third-order valence-corrected chi connectivity index (χ3v) is 6.64. The molecule has 2 fully saturated rings. The largest absolute Gasteiger partial charge is 0.493 e. The maximum absolute atomic E-state index is 11.2. The van der Waals surface area contributed by atoms with Crippen molar-refractivity contribution in [1.29, 1.82) is 0 Å². The van der Waals surface area contributed by atoms with Crippen LogP contribution in [0, 0.1) is 0 Å². The van der Waals surface area contributed by atoms with Crippen LogP contribution in [0.4, 0.5) is 5.69 Å². The van der Waals surface area contributed by atoms with Crippen molar-refractivity contribution >= 4 is 11.7 Å². The number of anilines is 1. The second-order valence-corrected chi connectivity index (χ2v) is 8.83. The van der Waals surface area contributed by atoms with E-state index in [0.29, 0.717) is 6.54 Å². The molecular formula is C26H34N2O4. The average Bonchev–Trinajstić information content (AvgIpc) is 3.32. The summed E-state index contributed by atoms with van der Waals surface area (Å²) in [6.07, 6.45) is 6.02. The monoisotopic (exact) mass is 438 g/mol. The van der Waals surface area contributed by atoms with Crippen molar-refractivity contribution in [1.82, 2.24) is 4.90 Å². The summed E-state index contributed by atoms with van der Waals surface area (Å²) in [6.45, 7) is 3.14. The number of hydrogen-bond acceptors (Lipinski definition) is 5. The van der Waals surface area contributed by atoms with Gasteiger partial charge in [0.25, 0.3) is 0 Å². The van der Waals surface area contributed by atoms with Crippen LogP contribution in [-0.4, -0.2) is 61.4 Å². The van der Waals surface area contributed by atoms with Gasteiger partial charge in [0.05, 0.1) is 19.6 Å². The quantitative estimate of drug-likeness (QED) is 0.632. The molecule has 2 aliphatic rings. The molecule has 1 saturated heterocycles. The highest BCUT2D eigenvalue weighted by Crippen LogP contribution is 2.35. The van der Waals surface area contributed by atoms with Crippen molar-refractivity contribution < 1.29 is 19.4 Å². The highest BCUT2D eigenvalue weighted by molar-refractivity contribution is 5.66. The molecule has 0 spiro atoms. The normalized spacial score (nSPS) is 19.8. The minimum Gasteiger partial charge on any atom is -0.493 e. The van der Waals surface area contributed by atoms with Gasteiger partial charge in [0.1, 0.15) is 0 Å². The number of hydrogen-bond donors (Lipinski definition) is 1. The van der Waals surface area contributed by atoms with E-state index in [1.165, 1.54) is 18.4 Å². The molecular weight excluding hydrogens is 404 g/mol. The van der Waals surface area contributed by atoms with E-state index in [4.69, 9.17) is 9.47 Å². The van der Waals surface area contributed by atoms with E-state index in [1.54, 1.807) is 7.11 Å². The van der Waals surface area contributed by atoms with Crippen LogP contribution in [0.3, 0.4) is 0 Å². The van der Waals surface area contributed by atoms with E-state index in [2.05, 4.69) is 46.2 Å². The molecule has 1 aliphatic carbocycles. The zero-order valence-corrected chi connectivity index (χ0v) is 18.9. The molecule has 1 N–H and O–H groups in total. The van der Waals surface area contributed by atoms with Gasteiger partial charge >= 0.3 is 5.97 Å². The Bertz CT molecular complexity index is 883. The van der Waals surface area contributed by atoms with Crippen LogP contribution < -0.4 is 14.4 Å². The number of nitrogens with zero attached hydrogens (tertiary/aromatic N) is 2. The summed E-state index contributed by atoms with van der Waals surface area (Å²) in [5.74, 6) is 0.862. The smallest absolute Gasteiger partial charge is 0.304 e. The Morgan fingerprint density at radius 2 is 1.84 bits per heavy atom. The van der Waals surface area contributed by atoms with Crippen molar-refractivity contribution in [3.8, 4) is 11.5 Å². The van der Waals surface area contributed by atoms with Gasteiger partial charge in [0, 0.05) is 44.0 Å². The van der Waals surface area contributed by atoms with Crippen LogP contribution in [0.5, 0.6) is 11.5 Å². The summed E-state index contributed by atoms with van der Waals surface area (Å²) < 4.78 is 11.9. The lowest BCUT2D eigenvalue weighted by Gasteiger charge is -2.42. The Balaban J connectivity index is 1.51. The predicted molar refractivity (Wildman–Crippen MR) is 126 cm³/mol. The van der Waals surface area contributed by atoms with Crippen molar-refractivity contribution in [2.45, 2.75) is 50.7 Å². The third-order valence-electron chi connectivity index (χ3n) is 6.64. The SMILES string of the molecule is COc1ccc(N2CCN(CCC(=O)O)[C@@H](Cc3ccccc3)C2)cc1OC1CCCC1. The molecule has 0 bridgehead atoms. The van der Waals surface area contributed by atoms with Gasteiger partial charge in [-0.1, -0.05) is 30.3 Å². The van der Waals surface area contributed by atoms with Gasteiger partial charge in [0.15, 0.2) is 11.5 Å². The van der Waals surface area contributed by atoms with E-state index in [9.17, 15) is 9.90 Å². The van der Waals surface area contributed by atoms with Crippen LogP contribution >= 0.6 is 0 Å². The van der Waals surface area contributed by atoms with Gasteiger partial charge in [-0.3, -0.25) is 9.69 Å². The zero-order chi connectivity index (χ0) is 22.3. The third kappa shape index (κ3) is 5.74. The summed E-state index contributed by atoms with van der Waals surface area (Å²) in [7, 11) is 1.69. The Morgan fingerprint density at radius 1 is 1.06 bits per heavy atom. The summed E-state index contributed by atoms with van der Waals surface area (Å²) in [5.41, 5.74) is 2.41. The highest BCUT2D eigenvalue weighted by Gasteiger charge is 2.28. The first-order chi connectivity index (χ1) is 15.6. The molecule has 6 heteroatoms. The van der Waals surface area contributed by atoms with Gasteiger partial charge in [-0.15, -0.1) is 0 Å². The summed E-state index contributed by atoms with van der Waals surface area (Å²) >= 11 is 0. The molecule has 1 saturated carbocycles. The minimum absolute atomic E-state index is 0.174. The van der Waals surface area contributed by atoms with E-state index in [0.717, 1.165) is 56.1 Å². The van der Waals surface area contributed by atoms with Gasteiger partial charge in [-0.2, -0.15) is 0 Å². The molecule has 0 amide bonds. The first-order valence-electron chi connectivity index (χ1n) is 11.7. The molecule has 0 aromatic heterocycles. The molecule has 1 aliphatic heterocycles. The standard InChI is InChI=1S/C26H34N2O4/c1-31-24-12-11-21(18-25(24)32-23-9-5-6-10-23)28-16-15-27(14-13-26(29)30)22(19-28)17-20-7-3-2-4-8-20/h2-4,7-8,11-12,18,22-23H,5-6,9-10,13-17,19H2,1H3,(H,29,30)/t22-/m0/s1. The van der Waals surface area contributed by atoms with Gasteiger partial charge in [-0.25, -0.2) is 0 Å². The fraction of sp³-hybridized carbons (Fsp3) is 0.500. The molecule has 32 heavy (non-hydrogen) atoms. The number of benzene rings is 2. The second kappa shape index (κ2) is 10.7. The first kappa shape index (κ1) is 22.5. The molecule has 2 aromatic carbocycles. The number of rotatable bonds is 9. The molecule has 0 unspecified atom stereocenters. The number of carboxylic acid groups (broad SMARTS) is 1. The highest BCUT2D eigenvalue weighted by atomic mass is 16.5. The van der Waals surface area contributed by atoms with Crippen molar-refractivity contribution in [2.75, 3.05) is 38.2 Å². The van der Waals surface area contributed by atoms with Crippen LogP contribution in [-0.2, 0) is 11.2 Å². The number of ether oxygens (including phenoxy) is 2. The molecule has 0 radical (unpaired) electrons. The second-order valence-electron chi connectivity index (χ2n) is 8.83. The predicted octanol–water partition coefficient (Wildman–Crippen LogP) is 4.22. The molecule has 6 nitrogen and oxygen atoms in total. The number of methoxy groups -OCH3 is 1. The molecule has 1 heterocycles. The topological polar surface area (TPSA) is 62.2 Å². The van der Waals surface area contributed by atoms with Gasteiger partial charge in [-0.05, 0) is 49.8 Å². The fourth-order valence-corrected chi connectivity index (χ4v) is 4.88. The van der Waals surface area contributed by atoms with Gasteiger partial charge < -0.3 is 19.5 Å². The summed E-state index contributed by atoms with van der Waals surface area (Å²) in [6, 6.07) is 16.9. The number of aliphatic carboxylic acids is 1. The van der Waals surface area contributed by atoms with Crippen molar-refractivity contribution in [2.24, 2.45) is 0 Å². The Hall–Kier alpha value is -2.73. The summed E-state index contributed by atoms with van der Waals surface area (Å²) in [5, 5.41) is 9.18. The molecule has 172 valence electrons. The maximum Gasteiger partial charge on any atom is 0.304 e. The lowest BCUT2D eigenvalue weighted by atomic mass is 10.0. The number of carbonyl (C=O) groups is 1. The van der Waals surface area contributed by atoms with Crippen LogP contribution in [0.15, 0.2) is 48.5 Å². The average molecular weight is 439 g/mol. The number of carboxylic acids is 1. The number of piperazine rings is 1. The van der Waals surface area contributed by atoms with Crippen molar-refractivity contribution in [3.63, 3.8) is 0 Å². The van der Waals surface area contributed by atoms with Crippen molar-refractivity contribution in [3.05, 3.63) is 54.1 Å². The molecule has 2 aromatic rings. The Kier molecular flexibility index (Phi) is 7.53. The zero-order valence-electron chi connectivity index (χ0n) is 18.9. The maximum atomic E-state index is 11.2. The minimum atomic E-state index is -0.741. The summed E-state index contributed by atoms with van der Waals surface area (Å²) in [4.78, 5) is 15.9. The van der Waals surface area contributed by atoms with Crippen LogP contribution in [0.25, 0.3) is 0 Å². The Labute approximate surface area is 190 Å². The van der Waals surface area contributed by atoms with Crippen LogP contribution in [0.1, 0.15) is 37.7 Å². The van der Waals surface area contributed by atoms with Crippen LogP contribution in [0.2, 0.25) is 0 Å². The van der Waals surface area contributed by atoms with Gasteiger partial charge in [0.2, 0.25) is 0 Å². The first-order valence-corrected chi connectivity index (χ1v) is 11.7. The fourth-order valence-electron chi connectivity index (χ4n) is 4.88. The lowest BCUT2D eigenvalue weighted by molar-refractivity contribution is -0.137. The molecule has 1 atom stereocenters. The molecule has 4 rings (SSSR count). The van der Waals surface area contributed by atoms with E-state index in [1.807, 2.05) is 12.1 Å². The van der Waals surface area contributed by atoms with E-state index < -0.39 is 5.97 Å². The van der Waals surface area contributed by atoms with E-state index >= 15 is 0 Å².